The van der Waals surface area contributed by atoms with Gasteiger partial charge in [0, 0.05) is 18.6 Å². The second kappa shape index (κ2) is 6.49. The zero-order valence-electron chi connectivity index (χ0n) is 10.9. The van der Waals surface area contributed by atoms with Crippen LogP contribution in [0.25, 0.3) is 0 Å². The SMILES string of the molecule is CC(C)CCN1CCCC1CNC(C)C. The quantitative estimate of drug-likeness (QED) is 0.728. The van der Waals surface area contributed by atoms with E-state index in [0.29, 0.717) is 6.04 Å². The summed E-state index contributed by atoms with van der Waals surface area (Å²) >= 11 is 0. The van der Waals surface area contributed by atoms with Crippen molar-refractivity contribution in [3.8, 4) is 0 Å². The molecule has 0 aromatic rings. The van der Waals surface area contributed by atoms with E-state index in [1.807, 2.05) is 0 Å². The third kappa shape index (κ3) is 4.98. The zero-order chi connectivity index (χ0) is 11.3. The molecule has 1 N–H and O–H groups in total. The molecule has 2 nitrogen and oxygen atoms in total. The van der Waals surface area contributed by atoms with Gasteiger partial charge < -0.3 is 5.32 Å². The van der Waals surface area contributed by atoms with E-state index in [-0.39, 0.29) is 0 Å². The van der Waals surface area contributed by atoms with Crippen molar-refractivity contribution in [1.29, 1.82) is 0 Å². The number of nitrogens with zero attached hydrogens (tertiary/aromatic N) is 1. The minimum atomic E-state index is 0.623. The third-order valence-electron chi connectivity index (χ3n) is 3.25. The molecule has 1 atom stereocenters. The monoisotopic (exact) mass is 212 g/mol. The maximum absolute atomic E-state index is 3.56. The Hall–Kier alpha value is -0.0800. The molecule has 1 aliphatic rings. The molecule has 0 aromatic carbocycles. The van der Waals surface area contributed by atoms with Crippen molar-refractivity contribution in [3.05, 3.63) is 0 Å². The van der Waals surface area contributed by atoms with Gasteiger partial charge in [-0.05, 0) is 38.3 Å². The summed E-state index contributed by atoms with van der Waals surface area (Å²) in [7, 11) is 0. The lowest BCUT2D eigenvalue weighted by Gasteiger charge is -2.26. The smallest absolute Gasteiger partial charge is 0.0221 e. The molecule has 1 rings (SSSR count). The molecule has 0 aromatic heterocycles. The third-order valence-corrected chi connectivity index (χ3v) is 3.25. The van der Waals surface area contributed by atoms with Crippen LogP contribution in [-0.4, -0.2) is 36.6 Å². The Morgan fingerprint density at radius 1 is 1.27 bits per heavy atom. The van der Waals surface area contributed by atoms with Gasteiger partial charge >= 0.3 is 0 Å². The molecule has 90 valence electrons. The zero-order valence-corrected chi connectivity index (χ0v) is 10.9. The number of nitrogens with one attached hydrogen (secondary N) is 1. The molecule has 2 heteroatoms. The van der Waals surface area contributed by atoms with Gasteiger partial charge in [-0.2, -0.15) is 0 Å². The Kier molecular flexibility index (Phi) is 5.62. The molecule has 0 radical (unpaired) electrons. The van der Waals surface area contributed by atoms with Gasteiger partial charge in [-0.3, -0.25) is 4.90 Å². The van der Waals surface area contributed by atoms with Crippen LogP contribution in [0.5, 0.6) is 0 Å². The summed E-state index contributed by atoms with van der Waals surface area (Å²) in [6, 6.07) is 1.42. The number of rotatable bonds is 6. The summed E-state index contributed by atoms with van der Waals surface area (Å²) in [5.74, 6) is 0.837. The van der Waals surface area contributed by atoms with Crippen molar-refractivity contribution in [2.75, 3.05) is 19.6 Å². The largest absolute Gasteiger partial charge is 0.313 e. The topological polar surface area (TPSA) is 15.3 Å². The maximum atomic E-state index is 3.56. The molecular formula is C13H28N2. The highest BCUT2D eigenvalue weighted by molar-refractivity contribution is 4.81. The number of likely N-dealkylation sites (tertiary alicyclic amines) is 1. The summed E-state index contributed by atoms with van der Waals surface area (Å²) in [5.41, 5.74) is 0. The summed E-state index contributed by atoms with van der Waals surface area (Å²) in [6.07, 6.45) is 4.12. The second-order valence-electron chi connectivity index (χ2n) is 5.58. The van der Waals surface area contributed by atoms with Gasteiger partial charge in [0.25, 0.3) is 0 Å². The summed E-state index contributed by atoms with van der Waals surface area (Å²) in [4.78, 5) is 2.68. The number of hydrogen-bond donors (Lipinski definition) is 1. The van der Waals surface area contributed by atoms with Gasteiger partial charge in [0.2, 0.25) is 0 Å². The first kappa shape index (κ1) is 13.0. The van der Waals surface area contributed by atoms with Crippen LogP contribution in [0.4, 0.5) is 0 Å². The molecule has 0 aliphatic carbocycles. The highest BCUT2D eigenvalue weighted by atomic mass is 15.2. The summed E-state index contributed by atoms with van der Waals surface area (Å²) in [6.45, 7) is 12.9. The van der Waals surface area contributed by atoms with Crippen molar-refractivity contribution in [1.82, 2.24) is 10.2 Å². The molecule has 0 bridgehead atoms. The van der Waals surface area contributed by atoms with E-state index in [1.165, 1.54) is 38.9 Å². The Morgan fingerprint density at radius 3 is 2.60 bits per heavy atom. The van der Waals surface area contributed by atoms with Crippen LogP contribution in [0.2, 0.25) is 0 Å². The lowest BCUT2D eigenvalue weighted by Crippen LogP contribution is -2.40. The van der Waals surface area contributed by atoms with Gasteiger partial charge in [0.05, 0.1) is 0 Å². The molecule has 1 heterocycles. The van der Waals surface area contributed by atoms with Crippen LogP contribution in [0.3, 0.4) is 0 Å². The van der Waals surface area contributed by atoms with Gasteiger partial charge in [-0.25, -0.2) is 0 Å². The predicted octanol–water partition coefficient (Wildman–Crippen LogP) is 2.49. The summed E-state index contributed by atoms with van der Waals surface area (Å²) in [5, 5.41) is 3.56. The molecule has 1 saturated heterocycles. The van der Waals surface area contributed by atoms with Crippen LogP contribution >= 0.6 is 0 Å². The molecule has 1 unspecified atom stereocenters. The van der Waals surface area contributed by atoms with Crippen LogP contribution in [0.15, 0.2) is 0 Å². The Labute approximate surface area is 95.4 Å². The predicted molar refractivity (Wildman–Crippen MR) is 67.2 cm³/mol. The Morgan fingerprint density at radius 2 is 2.00 bits per heavy atom. The molecular weight excluding hydrogens is 184 g/mol. The average molecular weight is 212 g/mol. The first-order chi connectivity index (χ1) is 7.09. The van der Waals surface area contributed by atoms with Crippen LogP contribution in [-0.2, 0) is 0 Å². The maximum Gasteiger partial charge on any atom is 0.0221 e. The van der Waals surface area contributed by atoms with Gasteiger partial charge in [-0.15, -0.1) is 0 Å². The average Bonchev–Trinajstić information content (AvgIpc) is 2.58. The van der Waals surface area contributed by atoms with E-state index in [2.05, 4.69) is 37.9 Å². The lowest BCUT2D eigenvalue weighted by molar-refractivity contribution is 0.231. The Balaban J connectivity index is 2.23. The normalized spacial score (nSPS) is 23.2. The molecule has 0 saturated carbocycles. The van der Waals surface area contributed by atoms with Crippen LogP contribution < -0.4 is 5.32 Å². The van der Waals surface area contributed by atoms with E-state index in [1.54, 1.807) is 0 Å². The lowest BCUT2D eigenvalue weighted by atomic mass is 10.1. The minimum absolute atomic E-state index is 0.623. The first-order valence-corrected chi connectivity index (χ1v) is 6.57. The number of hydrogen-bond acceptors (Lipinski definition) is 2. The van der Waals surface area contributed by atoms with E-state index in [9.17, 15) is 0 Å². The van der Waals surface area contributed by atoms with Crippen LogP contribution in [0.1, 0.15) is 47.0 Å². The standard InChI is InChI=1S/C13H28N2/c1-11(2)7-9-15-8-5-6-13(15)10-14-12(3)4/h11-14H,5-10H2,1-4H3. The van der Waals surface area contributed by atoms with Crippen molar-refractivity contribution in [2.45, 2.75) is 59.0 Å². The second-order valence-corrected chi connectivity index (χ2v) is 5.58. The van der Waals surface area contributed by atoms with E-state index < -0.39 is 0 Å². The summed E-state index contributed by atoms with van der Waals surface area (Å²) < 4.78 is 0. The molecule has 1 aliphatic heterocycles. The first-order valence-electron chi connectivity index (χ1n) is 6.57. The van der Waals surface area contributed by atoms with E-state index in [4.69, 9.17) is 0 Å². The fourth-order valence-corrected chi connectivity index (χ4v) is 2.22. The molecule has 0 spiro atoms. The molecule has 1 fully saturated rings. The fraction of sp³-hybridized carbons (Fsp3) is 1.00. The van der Waals surface area contributed by atoms with E-state index >= 15 is 0 Å². The highest BCUT2D eigenvalue weighted by Crippen LogP contribution is 2.18. The van der Waals surface area contributed by atoms with Crippen LogP contribution in [0, 0.1) is 5.92 Å². The van der Waals surface area contributed by atoms with E-state index in [0.717, 1.165) is 12.0 Å². The molecule has 0 amide bonds. The van der Waals surface area contributed by atoms with Crippen molar-refractivity contribution >= 4 is 0 Å². The van der Waals surface area contributed by atoms with Crippen molar-refractivity contribution < 1.29 is 0 Å². The minimum Gasteiger partial charge on any atom is -0.313 e. The fourth-order valence-electron chi connectivity index (χ4n) is 2.22. The van der Waals surface area contributed by atoms with Crippen molar-refractivity contribution in [3.63, 3.8) is 0 Å². The molecule has 15 heavy (non-hydrogen) atoms. The Bertz CT molecular complexity index is 148. The van der Waals surface area contributed by atoms with Gasteiger partial charge in [0.1, 0.15) is 0 Å². The van der Waals surface area contributed by atoms with Crippen molar-refractivity contribution in [2.24, 2.45) is 5.92 Å². The van der Waals surface area contributed by atoms with Gasteiger partial charge in [0.15, 0.2) is 0 Å². The highest BCUT2D eigenvalue weighted by Gasteiger charge is 2.23. The van der Waals surface area contributed by atoms with Gasteiger partial charge in [-0.1, -0.05) is 27.7 Å².